The standard InChI is InChI=1S/C11H24N2O2S2/c1-13(6-3-8-16-2)7-4-11-10-17(14,15)9-5-12-11/h11-12H,3-10H2,1-2H3. The van der Waals surface area contributed by atoms with Crippen LogP contribution in [0.5, 0.6) is 0 Å². The van der Waals surface area contributed by atoms with Crippen molar-refractivity contribution < 1.29 is 8.42 Å². The summed E-state index contributed by atoms with van der Waals surface area (Å²) in [6, 6.07) is 0.150. The molecule has 1 atom stereocenters. The highest BCUT2D eigenvalue weighted by Gasteiger charge is 2.23. The molecule has 1 aliphatic heterocycles. The Labute approximate surface area is 109 Å². The molecule has 4 nitrogen and oxygen atoms in total. The molecule has 0 spiro atoms. The largest absolute Gasteiger partial charge is 0.312 e. The number of rotatable bonds is 7. The number of hydrogen-bond donors (Lipinski definition) is 1. The van der Waals surface area contributed by atoms with Crippen LogP contribution in [0.15, 0.2) is 0 Å². The van der Waals surface area contributed by atoms with Gasteiger partial charge in [-0.25, -0.2) is 8.42 Å². The van der Waals surface area contributed by atoms with E-state index < -0.39 is 9.84 Å². The monoisotopic (exact) mass is 280 g/mol. The third kappa shape index (κ3) is 6.64. The van der Waals surface area contributed by atoms with Gasteiger partial charge >= 0.3 is 0 Å². The molecular formula is C11H24N2O2S2. The van der Waals surface area contributed by atoms with E-state index in [0.29, 0.717) is 18.1 Å². The molecule has 1 saturated heterocycles. The second kappa shape index (κ2) is 7.61. The van der Waals surface area contributed by atoms with E-state index in [1.165, 1.54) is 12.2 Å². The molecule has 0 bridgehead atoms. The topological polar surface area (TPSA) is 49.4 Å². The van der Waals surface area contributed by atoms with Crippen LogP contribution in [0.25, 0.3) is 0 Å². The molecule has 1 rings (SSSR count). The van der Waals surface area contributed by atoms with Crippen LogP contribution in [0.1, 0.15) is 12.8 Å². The van der Waals surface area contributed by atoms with Gasteiger partial charge in [0.2, 0.25) is 0 Å². The lowest BCUT2D eigenvalue weighted by molar-refractivity contribution is 0.311. The van der Waals surface area contributed by atoms with Crippen molar-refractivity contribution >= 4 is 21.6 Å². The van der Waals surface area contributed by atoms with Gasteiger partial charge < -0.3 is 10.2 Å². The smallest absolute Gasteiger partial charge is 0.153 e. The van der Waals surface area contributed by atoms with Crippen LogP contribution >= 0.6 is 11.8 Å². The van der Waals surface area contributed by atoms with Crippen molar-refractivity contribution in [2.24, 2.45) is 0 Å². The van der Waals surface area contributed by atoms with Crippen LogP contribution in [0.2, 0.25) is 0 Å². The Bertz CT molecular complexity index is 307. The van der Waals surface area contributed by atoms with Crippen LogP contribution in [-0.4, -0.2) is 69.6 Å². The number of nitrogens with one attached hydrogen (secondary N) is 1. The Morgan fingerprint density at radius 1 is 1.41 bits per heavy atom. The fraction of sp³-hybridized carbons (Fsp3) is 1.00. The minimum absolute atomic E-state index is 0.150. The first kappa shape index (κ1) is 15.3. The first-order valence-corrected chi connectivity index (χ1v) is 9.36. The summed E-state index contributed by atoms with van der Waals surface area (Å²) in [5.41, 5.74) is 0. The first-order valence-electron chi connectivity index (χ1n) is 6.15. The summed E-state index contributed by atoms with van der Waals surface area (Å²) in [6.07, 6.45) is 4.25. The summed E-state index contributed by atoms with van der Waals surface area (Å²) < 4.78 is 22.9. The van der Waals surface area contributed by atoms with Crippen molar-refractivity contribution in [3.63, 3.8) is 0 Å². The molecular weight excluding hydrogens is 256 g/mol. The normalized spacial score (nSPS) is 24.1. The van der Waals surface area contributed by atoms with Crippen LogP contribution < -0.4 is 5.32 Å². The van der Waals surface area contributed by atoms with Gasteiger partial charge in [0.1, 0.15) is 0 Å². The number of thioether (sulfide) groups is 1. The van der Waals surface area contributed by atoms with E-state index in [4.69, 9.17) is 0 Å². The average molecular weight is 280 g/mol. The lowest BCUT2D eigenvalue weighted by atomic mass is 10.2. The molecule has 1 aliphatic rings. The van der Waals surface area contributed by atoms with Crippen molar-refractivity contribution in [2.75, 3.05) is 50.2 Å². The lowest BCUT2D eigenvalue weighted by Gasteiger charge is -2.25. The van der Waals surface area contributed by atoms with Crippen LogP contribution in [-0.2, 0) is 9.84 Å². The SMILES string of the molecule is CSCCCN(C)CCC1CS(=O)(=O)CCN1. The zero-order chi connectivity index (χ0) is 12.7. The molecule has 0 saturated carbocycles. The van der Waals surface area contributed by atoms with Gasteiger partial charge in [0, 0.05) is 12.6 Å². The Balaban J connectivity index is 2.17. The van der Waals surface area contributed by atoms with Crippen LogP contribution in [0.4, 0.5) is 0 Å². The minimum Gasteiger partial charge on any atom is -0.312 e. The predicted octanol–water partition coefficient (Wildman–Crippen LogP) is 0.448. The average Bonchev–Trinajstić information content (AvgIpc) is 2.25. The quantitative estimate of drug-likeness (QED) is 0.686. The second-order valence-corrected chi connectivity index (χ2v) is 7.92. The maximum Gasteiger partial charge on any atom is 0.153 e. The highest BCUT2D eigenvalue weighted by molar-refractivity contribution is 7.98. The van der Waals surface area contributed by atoms with Gasteiger partial charge in [0.15, 0.2) is 9.84 Å². The summed E-state index contributed by atoms with van der Waals surface area (Å²) in [4.78, 5) is 2.29. The van der Waals surface area contributed by atoms with Gasteiger partial charge in [0.25, 0.3) is 0 Å². The molecule has 0 amide bonds. The van der Waals surface area contributed by atoms with Gasteiger partial charge in [-0.05, 0) is 45.0 Å². The number of hydrogen-bond acceptors (Lipinski definition) is 5. The van der Waals surface area contributed by atoms with Crippen LogP contribution in [0.3, 0.4) is 0 Å². The van der Waals surface area contributed by atoms with E-state index in [0.717, 1.165) is 19.5 Å². The molecule has 0 aromatic rings. The van der Waals surface area contributed by atoms with Crippen LogP contribution in [0, 0.1) is 0 Å². The van der Waals surface area contributed by atoms with E-state index in [9.17, 15) is 8.42 Å². The van der Waals surface area contributed by atoms with E-state index in [-0.39, 0.29) is 6.04 Å². The highest BCUT2D eigenvalue weighted by atomic mass is 32.2. The Hall–Kier alpha value is 0.220. The molecule has 17 heavy (non-hydrogen) atoms. The van der Waals surface area contributed by atoms with Gasteiger partial charge in [-0.3, -0.25) is 0 Å². The van der Waals surface area contributed by atoms with Gasteiger partial charge in [0.05, 0.1) is 11.5 Å². The van der Waals surface area contributed by atoms with Crippen molar-refractivity contribution in [3.8, 4) is 0 Å². The third-order valence-electron chi connectivity index (χ3n) is 3.05. The summed E-state index contributed by atoms with van der Waals surface area (Å²) in [7, 11) is -0.676. The van der Waals surface area contributed by atoms with Crippen molar-refractivity contribution in [2.45, 2.75) is 18.9 Å². The number of nitrogens with zero attached hydrogens (tertiary/aromatic N) is 1. The molecule has 1 unspecified atom stereocenters. The Morgan fingerprint density at radius 2 is 2.18 bits per heavy atom. The predicted molar refractivity (Wildman–Crippen MR) is 75.6 cm³/mol. The second-order valence-electron chi connectivity index (χ2n) is 4.70. The van der Waals surface area contributed by atoms with Gasteiger partial charge in [-0.2, -0.15) is 11.8 Å². The van der Waals surface area contributed by atoms with Crippen molar-refractivity contribution in [3.05, 3.63) is 0 Å². The summed E-state index contributed by atoms with van der Waals surface area (Å²) in [6.45, 7) is 2.69. The summed E-state index contributed by atoms with van der Waals surface area (Å²) in [5, 5.41) is 3.29. The highest BCUT2D eigenvalue weighted by Crippen LogP contribution is 2.06. The zero-order valence-electron chi connectivity index (χ0n) is 10.8. The van der Waals surface area contributed by atoms with E-state index in [1.54, 1.807) is 0 Å². The zero-order valence-corrected chi connectivity index (χ0v) is 12.4. The molecule has 6 heteroatoms. The molecule has 1 fully saturated rings. The minimum atomic E-state index is -2.79. The summed E-state index contributed by atoms with van der Waals surface area (Å²) >= 11 is 1.87. The van der Waals surface area contributed by atoms with Crippen molar-refractivity contribution in [1.82, 2.24) is 10.2 Å². The van der Waals surface area contributed by atoms with E-state index in [1.807, 2.05) is 11.8 Å². The summed E-state index contributed by atoms with van der Waals surface area (Å²) in [5.74, 6) is 1.80. The number of sulfone groups is 1. The molecule has 102 valence electrons. The maximum atomic E-state index is 11.5. The third-order valence-corrected chi connectivity index (χ3v) is 5.48. The molecule has 1 heterocycles. The molecule has 0 aromatic carbocycles. The Morgan fingerprint density at radius 3 is 2.82 bits per heavy atom. The van der Waals surface area contributed by atoms with E-state index in [2.05, 4.69) is 23.5 Å². The van der Waals surface area contributed by atoms with E-state index >= 15 is 0 Å². The fourth-order valence-electron chi connectivity index (χ4n) is 2.02. The van der Waals surface area contributed by atoms with Gasteiger partial charge in [-0.1, -0.05) is 0 Å². The van der Waals surface area contributed by atoms with Gasteiger partial charge in [-0.15, -0.1) is 0 Å². The fourth-order valence-corrected chi connectivity index (χ4v) is 3.93. The maximum absolute atomic E-state index is 11.5. The molecule has 0 aromatic heterocycles. The van der Waals surface area contributed by atoms with Crippen molar-refractivity contribution in [1.29, 1.82) is 0 Å². The molecule has 1 N–H and O–H groups in total. The lowest BCUT2D eigenvalue weighted by Crippen LogP contribution is -2.46. The molecule has 0 aliphatic carbocycles. The first-order chi connectivity index (χ1) is 8.03. The Kier molecular flexibility index (Phi) is 6.84. The molecule has 0 radical (unpaired) electrons.